The van der Waals surface area contributed by atoms with E-state index in [1.165, 1.54) is 19.3 Å². The molecule has 104 valence electrons. The van der Waals surface area contributed by atoms with Gasteiger partial charge in [-0.15, -0.1) is 0 Å². The van der Waals surface area contributed by atoms with E-state index in [0.717, 1.165) is 26.2 Å². The molecule has 2 heteroatoms. The van der Waals surface area contributed by atoms with Crippen LogP contribution in [0.5, 0.6) is 0 Å². The highest BCUT2D eigenvalue weighted by molar-refractivity contribution is 4.69. The Hall–Kier alpha value is -0.0800. The first-order valence-electron chi connectivity index (χ1n) is 7.03. The topological polar surface area (TPSA) is 21.3 Å². The highest BCUT2D eigenvalue weighted by Gasteiger charge is 2.09. The number of hydrogen-bond donors (Lipinski definition) is 1. The molecule has 0 radical (unpaired) electrons. The Morgan fingerprint density at radius 3 is 1.94 bits per heavy atom. The van der Waals surface area contributed by atoms with Gasteiger partial charge in [-0.2, -0.15) is 0 Å². The zero-order valence-corrected chi connectivity index (χ0v) is 12.9. The van der Waals surface area contributed by atoms with Crippen molar-refractivity contribution in [2.45, 2.75) is 72.8 Å². The quantitative estimate of drug-likeness (QED) is 0.651. The summed E-state index contributed by atoms with van der Waals surface area (Å²) < 4.78 is 5.62. The Balaban J connectivity index is 3.15. The Morgan fingerprint density at radius 2 is 1.41 bits per heavy atom. The maximum Gasteiger partial charge on any atom is 0.0478 e. The van der Waals surface area contributed by atoms with E-state index >= 15 is 0 Å². The summed E-state index contributed by atoms with van der Waals surface area (Å²) in [4.78, 5) is 0. The fourth-order valence-electron chi connectivity index (χ4n) is 1.60. The van der Waals surface area contributed by atoms with Gasteiger partial charge in [0, 0.05) is 18.8 Å². The third-order valence-corrected chi connectivity index (χ3v) is 2.59. The number of unbranched alkanes of at least 4 members (excludes halogenated alkanes) is 1. The van der Waals surface area contributed by atoms with Gasteiger partial charge < -0.3 is 10.1 Å². The van der Waals surface area contributed by atoms with Gasteiger partial charge in [0.15, 0.2) is 0 Å². The molecule has 0 rings (SSSR count). The number of nitrogens with one attached hydrogen (secondary N) is 1. The van der Waals surface area contributed by atoms with Gasteiger partial charge in [-0.25, -0.2) is 0 Å². The van der Waals surface area contributed by atoms with Gasteiger partial charge in [0.25, 0.3) is 0 Å². The maximum atomic E-state index is 5.62. The summed E-state index contributed by atoms with van der Waals surface area (Å²) >= 11 is 0. The van der Waals surface area contributed by atoms with E-state index in [2.05, 4.69) is 46.9 Å². The molecule has 17 heavy (non-hydrogen) atoms. The maximum absolute atomic E-state index is 5.62. The molecule has 0 aromatic rings. The van der Waals surface area contributed by atoms with Crippen molar-refractivity contribution in [1.29, 1.82) is 0 Å². The largest absolute Gasteiger partial charge is 0.381 e. The third-order valence-electron chi connectivity index (χ3n) is 2.59. The van der Waals surface area contributed by atoms with Gasteiger partial charge in [-0.05, 0) is 52.0 Å². The molecule has 0 aromatic heterocycles. The SMILES string of the molecule is CC(C)(C)CCCCOCCCNC(C)(C)C. The Bertz CT molecular complexity index is 156. The molecule has 0 aliphatic carbocycles. The molecule has 0 amide bonds. The molecule has 0 aliphatic heterocycles. The first-order chi connectivity index (χ1) is 7.71. The average molecular weight is 243 g/mol. The van der Waals surface area contributed by atoms with Crippen molar-refractivity contribution in [2.75, 3.05) is 19.8 Å². The minimum atomic E-state index is 0.229. The monoisotopic (exact) mass is 243 g/mol. The molecular formula is C15H33NO. The molecule has 0 saturated heterocycles. The van der Waals surface area contributed by atoms with E-state index in [-0.39, 0.29) is 5.54 Å². The molecule has 0 aromatic carbocycles. The smallest absolute Gasteiger partial charge is 0.0478 e. The van der Waals surface area contributed by atoms with Crippen LogP contribution in [0.1, 0.15) is 67.2 Å². The van der Waals surface area contributed by atoms with Crippen LogP contribution in [-0.4, -0.2) is 25.3 Å². The van der Waals surface area contributed by atoms with Gasteiger partial charge in [0.05, 0.1) is 0 Å². The summed E-state index contributed by atoms with van der Waals surface area (Å²) in [5.74, 6) is 0. The molecule has 0 saturated carbocycles. The van der Waals surface area contributed by atoms with Crippen LogP contribution in [0.15, 0.2) is 0 Å². The summed E-state index contributed by atoms with van der Waals surface area (Å²) in [6.45, 7) is 16.3. The highest BCUT2D eigenvalue weighted by atomic mass is 16.5. The van der Waals surface area contributed by atoms with Crippen LogP contribution in [0.3, 0.4) is 0 Å². The van der Waals surface area contributed by atoms with E-state index in [1.807, 2.05) is 0 Å². The molecular weight excluding hydrogens is 210 g/mol. The summed E-state index contributed by atoms with van der Waals surface area (Å²) in [6, 6.07) is 0. The summed E-state index contributed by atoms with van der Waals surface area (Å²) in [5.41, 5.74) is 0.698. The van der Waals surface area contributed by atoms with Crippen LogP contribution in [-0.2, 0) is 4.74 Å². The molecule has 0 spiro atoms. The summed E-state index contributed by atoms with van der Waals surface area (Å²) in [5, 5.41) is 3.46. The summed E-state index contributed by atoms with van der Waals surface area (Å²) in [7, 11) is 0. The van der Waals surface area contributed by atoms with Gasteiger partial charge in [0.1, 0.15) is 0 Å². The first kappa shape index (κ1) is 16.9. The number of rotatable bonds is 8. The fraction of sp³-hybridized carbons (Fsp3) is 1.00. The van der Waals surface area contributed by atoms with Gasteiger partial charge in [-0.3, -0.25) is 0 Å². The lowest BCUT2D eigenvalue weighted by Gasteiger charge is -2.20. The van der Waals surface area contributed by atoms with Crippen LogP contribution in [0.25, 0.3) is 0 Å². The van der Waals surface area contributed by atoms with Crippen molar-refractivity contribution in [2.24, 2.45) is 5.41 Å². The third kappa shape index (κ3) is 15.9. The standard InChI is InChI=1S/C15H33NO/c1-14(2,3)10-7-8-12-17-13-9-11-16-15(4,5)6/h16H,7-13H2,1-6H3. The lowest BCUT2D eigenvalue weighted by molar-refractivity contribution is 0.124. The van der Waals surface area contributed by atoms with Crippen LogP contribution in [0.2, 0.25) is 0 Å². The second-order valence-corrected chi connectivity index (χ2v) is 7.16. The lowest BCUT2D eigenvalue weighted by Crippen LogP contribution is -2.36. The Kier molecular flexibility index (Phi) is 8.06. The van der Waals surface area contributed by atoms with Crippen LogP contribution >= 0.6 is 0 Å². The van der Waals surface area contributed by atoms with Crippen molar-refractivity contribution in [3.05, 3.63) is 0 Å². The van der Waals surface area contributed by atoms with Crippen molar-refractivity contribution in [3.8, 4) is 0 Å². The van der Waals surface area contributed by atoms with Gasteiger partial charge in [-0.1, -0.05) is 27.2 Å². The normalized spacial score (nSPS) is 13.1. The number of hydrogen-bond acceptors (Lipinski definition) is 2. The number of ether oxygens (including phenoxy) is 1. The van der Waals surface area contributed by atoms with Gasteiger partial charge >= 0.3 is 0 Å². The molecule has 0 unspecified atom stereocenters. The van der Waals surface area contributed by atoms with Crippen molar-refractivity contribution in [3.63, 3.8) is 0 Å². The predicted molar refractivity (Wildman–Crippen MR) is 76.5 cm³/mol. The van der Waals surface area contributed by atoms with Crippen molar-refractivity contribution < 1.29 is 4.74 Å². The van der Waals surface area contributed by atoms with Crippen LogP contribution in [0, 0.1) is 5.41 Å². The molecule has 0 heterocycles. The zero-order chi connectivity index (χ0) is 13.4. The second-order valence-electron chi connectivity index (χ2n) is 7.16. The Morgan fingerprint density at radius 1 is 0.824 bits per heavy atom. The molecule has 0 bridgehead atoms. The van der Waals surface area contributed by atoms with E-state index in [1.54, 1.807) is 0 Å². The molecule has 1 N–H and O–H groups in total. The molecule has 0 atom stereocenters. The summed E-state index contributed by atoms with van der Waals surface area (Å²) in [6.07, 6.45) is 4.88. The van der Waals surface area contributed by atoms with Gasteiger partial charge in [0.2, 0.25) is 0 Å². The molecule has 2 nitrogen and oxygen atoms in total. The lowest BCUT2D eigenvalue weighted by atomic mass is 9.90. The fourth-order valence-corrected chi connectivity index (χ4v) is 1.60. The van der Waals surface area contributed by atoms with E-state index in [0.29, 0.717) is 5.41 Å². The van der Waals surface area contributed by atoms with E-state index in [9.17, 15) is 0 Å². The average Bonchev–Trinajstić information content (AvgIpc) is 2.11. The minimum absolute atomic E-state index is 0.229. The van der Waals surface area contributed by atoms with E-state index < -0.39 is 0 Å². The highest BCUT2D eigenvalue weighted by Crippen LogP contribution is 2.21. The van der Waals surface area contributed by atoms with Crippen LogP contribution in [0.4, 0.5) is 0 Å². The van der Waals surface area contributed by atoms with Crippen molar-refractivity contribution >= 4 is 0 Å². The zero-order valence-electron chi connectivity index (χ0n) is 12.9. The predicted octanol–water partition coefficient (Wildman–Crippen LogP) is 4.00. The minimum Gasteiger partial charge on any atom is -0.381 e. The molecule has 0 aliphatic rings. The van der Waals surface area contributed by atoms with E-state index in [4.69, 9.17) is 4.74 Å². The van der Waals surface area contributed by atoms with Crippen LogP contribution < -0.4 is 5.32 Å². The molecule has 0 fully saturated rings. The second kappa shape index (κ2) is 8.10. The first-order valence-corrected chi connectivity index (χ1v) is 7.03. The Labute approximate surface area is 109 Å². The van der Waals surface area contributed by atoms with Crippen molar-refractivity contribution in [1.82, 2.24) is 5.32 Å².